The van der Waals surface area contributed by atoms with Crippen molar-refractivity contribution in [3.63, 3.8) is 0 Å². The zero-order chi connectivity index (χ0) is 24.2. The van der Waals surface area contributed by atoms with Gasteiger partial charge in [-0.3, -0.25) is 4.98 Å². The molecular formula is C30H48N2O2. The number of hydrogen-bond donors (Lipinski definition) is 1. The second-order valence-electron chi connectivity index (χ2n) is 10.4. The Morgan fingerprint density at radius 1 is 1.03 bits per heavy atom. The molecule has 0 amide bonds. The van der Waals surface area contributed by atoms with Crippen LogP contribution in [-0.2, 0) is 0 Å². The highest BCUT2D eigenvalue weighted by Gasteiger charge is 2.28. The van der Waals surface area contributed by atoms with E-state index in [9.17, 15) is 5.11 Å². The lowest BCUT2D eigenvalue weighted by Crippen LogP contribution is -2.40. The van der Waals surface area contributed by atoms with Crippen LogP contribution in [0.3, 0.4) is 0 Å². The molecule has 0 spiro atoms. The van der Waals surface area contributed by atoms with E-state index in [1.165, 1.54) is 83.8 Å². The molecule has 1 aromatic heterocycles. The number of aliphatic hydroxyl groups is 1. The summed E-state index contributed by atoms with van der Waals surface area (Å²) in [6.07, 6.45) is 16.9. The number of fused-ring (bicyclic) bond motifs is 1. The van der Waals surface area contributed by atoms with E-state index in [0.29, 0.717) is 0 Å². The van der Waals surface area contributed by atoms with E-state index < -0.39 is 6.10 Å². The standard InChI is InChI=1S/C30H48N2O2/c1-4-6-7-8-9-10-11-12-20-32-21-18-25(24(5-2)23-32)13-16-30(33)27-17-19-31-29-15-14-26(34-3)22-28(27)29/h14-15,17,19,22,24-25,30,33H,4-13,16,18,20-21,23H2,1-3H3/t24-,25+,30?/m0/s1. The van der Waals surface area contributed by atoms with Crippen molar-refractivity contribution in [2.75, 3.05) is 26.7 Å². The number of nitrogens with zero attached hydrogens (tertiary/aromatic N) is 2. The number of aliphatic hydroxyl groups excluding tert-OH is 1. The van der Waals surface area contributed by atoms with Crippen LogP contribution in [0.2, 0.25) is 0 Å². The van der Waals surface area contributed by atoms with Gasteiger partial charge < -0.3 is 14.7 Å². The van der Waals surface area contributed by atoms with Crippen molar-refractivity contribution in [3.05, 3.63) is 36.0 Å². The second-order valence-corrected chi connectivity index (χ2v) is 10.4. The Hall–Kier alpha value is -1.65. The average molecular weight is 469 g/mol. The first-order valence-corrected chi connectivity index (χ1v) is 14.0. The van der Waals surface area contributed by atoms with E-state index in [1.807, 2.05) is 30.5 Å². The van der Waals surface area contributed by atoms with Gasteiger partial charge in [0.15, 0.2) is 0 Å². The van der Waals surface area contributed by atoms with Crippen molar-refractivity contribution in [2.45, 2.75) is 97.0 Å². The Morgan fingerprint density at radius 3 is 2.53 bits per heavy atom. The maximum Gasteiger partial charge on any atom is 0.119 e. The third kappa shape index (κ3) is 7.95. The minimum atomic E-state index is -0.453. The summed E-state index contributed by atoms with van der Waals surface area (Å²) >= 11 is 0. The van der Waals surface area contributed by atoms with Crippen LogP contribution in [0.15, 0.2) is 30.5 Å². The van der Waals surface area contributed by atoms with Gasteiger partial charge in [-0.15, -0.1) is 0 Å². The molecule has 4 nitrogen and oxygen atoms in total. The summed E-state index contributed by atoms with van der Waals surface area (Å²) in [7, 11) is 1.68. The van der Waals surface area contributed by atoms with Crippen LogP contribution in [0.1, 0.15) is 103 Å². The quantitative estimate of drug-likeness (QED) is 0.274. The molecule has 4 heteroatoms. The summed E-state index contributed by atoms with van der Waals surface area (Å²) in [4.78, 5) is 7.17. The molecule has 2 aromatic rings. The van der Waals surface area contributed by atoms with E-state index in [0.717, 1.165) is 46.9 Å². The van der Waals surface area contributed by atoms with Gasteiger partial charge in [-0.05, 0) is 80.4 Å². The molecule has 1 aliphatic heterocycles. The number of methoxy groups -OCH3 is 1. The normalized spacial score (nSPS) is 20.0. The predicted molar refractivity (Wildman–Crippen MR) is 143 cm³/mol. The molecule has 0 saturated carbocycles. The van der Waals surface area contributed by atoms with E-state index >= 15 is 0 Å². The summed E-state index contributed by atoms with van der Waals surface area (Å²) in [6, 6.07) is 7.87. The highest BCUT2D eigenvalue weighted by Crippen LogP contribution is 2.34. The first-order valence-electron chi connectivity index (χ1n) is 14.0. The number of rotatable bonds is 15. The molecule has 34 heavy (non-hydrogen) atoms. The molecule has 1 aromatic carbocycles. The first-order chi connectivity index (χ1) is 16.7. The average Bonchev–Trinajstić information content (AvgIpc) is 2.88. The van der Waals surface area contributed by atoms with Crippen LogP contribution < -0.4 is 4.74 Å². The van der Waals surface area contributed by atoms with Crippen LogP contribution in [0.25, 0.3) is 10.9 Å². The molecule has 1 saturated heterocycles. The number of ether oxygens (including phenoxy) is 1. The van der Waals surface area contributed by atoms with Crippen LogP contribution in [0.5, 0.6) is 5.75 Å². The van der Waals surface area contributed by atoms with Gasteiger partial charge in [0.1, 0.15) is 5.75 Å². The topological polar surface area (TPSA) is 45.6 Å². The lowest BCUT2D eigenvalue weighted by Gasteiger charge is -2.39. The van der Waals surface area contributed by atoms with Gasteiger partial charge in [0, 0.05) is 18.1 Å². The van der Waals surface area contributed by atoms with Gasteiger partial charge >= 0.3 is 0 Å². The lowest BCUT2D eigenvalue weighted by atomic mass is 9.80. The molecular weight excluding hydrogens is 420 g/mol. The molecule has 3 atom stereocenters. The second kappa shape index (κ2) is 14.7. The first kappa shape index (κ1) is 26.9. The van der Waals surface area contributed by atoms with Crippen molar-refractivity contribution in [2.24, 2.45) is 11.8 Å². The third-order valence-corrected chi connectivity index (χ3v) is 7.98. The number of aromatic nitrogens is 1. The largest absolute Gasteiger partial charge is 0.497 e. The van der Waals surface area contributed by atoms with Crippen molar-refractivity contribution >= 4 is 10.9 Å². The Labute approximate surface area is 208 Å². The zero-order valence-electron chi connectivity index (χ0n) is 22.0. The molecule has 0 aliphatic carbocycles. The number of pyridine rings is 1. The molecule has 1 fully saturated rings. The third-order valence-electron chi connectivity index (χ3n) is 7.98. The van der Waals surface area contributed by atoms with Crippen molar-refractivity contribution in [3.8, 4) is 5.75 Å². The SMILES string of the molecule is CCCCCCCCCCN1CC[C@@H](CCC(O)c2ccnc3ccc(OC)cc23)[C@@H](CC)C1. The van der Waals surface area contributed by atoms with Crippen molar-refractivity contribution in [1.29, 1.82) is 0 Å². The summed E-state index contributed by atoms with van der Waals surface area (Å²) in [5.74, 6) is 2.28. The molecule has 0 bridgehead atoms. The van der Waals surface area contributed by atoms with Gasteiger partial charge in [-0.25, -0.2) is 0 Å². The van der Waals surface area contributed by atoms with Gasteiger partial charge in [0.25, 0.3) is 0 Å². The maximum atomic E-state index is 11.1. The monoisotopic (exact) mass is 468 g/mol. The number of unbranched alkanes of at least 4 members (excludes halogenated alkanes) is 7. The van der Waals surface area contributed by atoms with E-state index in [2.05, 4.69) is 23.7 Å². The zero-order valence-corrected chi connectivity index (χ0v) is 22.0. The van der Waals surface area contributed by atoms with E-state index in [4.69, 9.17) is 4.74 Å². The van der Waals surface area contributed by atoms with Crippen LogP contribution in [0, 0.1) is 11.8 Å². The van der Waals surface area contributed by atoms with Crippen LogP contribution in [0.4, 0.5) is 0 Å². The fourth-order valence-electron chi connectivity index (χ4n) is 5.76. The van der Waals surface area contributed by atoms with Gasteiger partial charge in [-0.2, -0.15) is 0 Å². The fourth-order valence-corrected chi connectivity index (χ4v) is 5.76. The lowest BCUT2D eigenvalue weighted by molar-refractivity contribution is 0.0903. The summed E-state index contributed by atoms with van der Waals surface area (Å²) in [5.41, 5.74) is 1.89. The minimum Gasteiger partial charge on any atom is -0.497 e. The Balaban J connectivity index is 1.43. The highest BCUT2D eigenvalue weighted by atomic mass is 16.5. The van der Waals surface area contributed by atoms with Crippen molar-refractivity contribution in [1.82, 2.24) is 9.88 Å². The fraction of sp³-hybridized carbons (Fsp3) is 0.700. The number of likely N-dealkylation sites (tertiary alicyclic amines) is 1. The van der Waals surface area contributed by atoms with Crippen LogP contribution >= 0.6 is 0 Å². The highest BCUT2D eigenvalue weighted by molar-refractivity contribution is 5.83. The number of benzene rings is 1. The molecule has 1 aliphatic rings. The maximum absolute atomic E-state index is 11.1. The summed E-state index contributed by atoms with van der Waals surface area (Å²) in [6.45, 7) is 8.36. The van der Waals surface area contributed by atoms with E-state index in [-0.39, 0.29) is 0 Å². The van der Waals surface area contributed by atoms with Crippen molar-refractivity contribution < 1.29 is 9.84 Å². The number of piperidine rings is 1. The molecule has 0 radical (unpaired) electrons. The Kier molecular flexibility index (Phi) is 11.6. The summed E-state index contributed by atoms with van der Waals surface area (Å²) < 4.78 is 5.40. The van der Waals surface area contributed by atoms with Gasteiger partial charge in [0.2, 0.25) is 0 Å². The van der Waals surface area contributed by atoms with Gasteiger partial charge in [0.05, 0.1) is 18.7 Å². The Bertz CT molecular complexity index is 840. The molecule has 190 valence electrons. The molecule has 1 unspecified atom stereocenters. The smallest absolute Gasteiger partial charge is 0.119 e. The summed E-state index contributed by atoms with van der Waals surface area (Å²) in [5, 5.41) is 12.1. The minimum absolute atomic E-state index is 0.453. The molecule has 1 N–H and O–H groups in total. The molecule has 2 heterocycles. The number of hydrogen-bond acceptors (Lipinski definition) is 4. The van der Waals surface area contributed by atoms with Gasteiger partial charge in [-0.1, -0.05) is 65.2 Å². The van der Waals surface area contributed by atoms with Crippen LogP contribution in [-0.4, -0.2) is 41.7 Å². The predicted octanol–water partition coefficient (Wildman–Crippen LogP) is 7.55. The molecule has 3 rings (SSSR count). The van der Waals surface area contributed by atoms with E-state index in [1.54, 1.807) is 7.11 Å². The Morgan fingerprint density at radius 2 is 1.79 bits per heavy atom.